The molecule has 30 heavy (non-hydrogen) atoms. The monoisotopic (exact) mass is 534 g/mol. The van der Waals surface area contributed by atoms with Gasteiger partial charge >= 0.3 is 0 Å². The average molecular weight is 534 g/mol. The highest BCUT2D eigenvalue weighted by molar-refractivity contribution is 14.0. The van der Waals surface area contributed by atoms with Crippen LogP contribution in [0, 0.1) is 0 Å². The SMILES string of the molecule is CC(C)OCCCNC(=NCC(=O)NC(C)(C)C)Nc1ccc(OC(C)C)cc1.I. The van der Waals surface area contributed by atoms with Crippen LogP contribution in [-0.2, 0) is 9.53 Å². The number of nitrogens with one attached hydrogen (secondary N) is 3. The van der Waals surface area contributed by atoms with Gasteiger partial charge in [-0.05, 0) is 79.2 Å². The molecule has 8 heteroatoms. The molecule has 7 nitrogen and oxygen atoms in total. The third kappa shape index (κ3) is 14.4. The van der Waals surface area contributed by atoms with Crippen LogP contribution in [0.1, 0.15) is 54.9 Å². The lowest BCUT2D eigenvalue weighted by Crippen LogP contribution is -2.42. The van der Waals surface area contributed by atoms with E-state index >= 15 is 0 Å². The smallest absolute Gasteiger partial charge is 0.242 e. The molecular weight excluding hydrogens is 495 g/mol. The van der Waals surface area contributed by atoms with Gasteiger partial charge in [-0.3, -0.25) is 4.79 Å². The zero-order chi connectivity index (χ0) is 21.9. The minimum Gasteiger partial charge on any atom is -0.491 e. The number of halogens is 1. The van der Waals surface area contributed by atoms with Gasteiger partial charge in [0.05, 0.1) is 12.2 Å². The Kier molecular flexibility index (Phi) is 13.7. The van der Waals surface area contributed by atoms with E-state index in [1.54, 1.807) is 0 Å². The van der Waals surface area contributed by atoms with E-state index in [1.807, 2.05) is 72.7 Å². The fraction of sp³-hybridized carbons (Fsp3) is 0.636. The van der Waals surface area contributed by atoms with E-state index in [4.69, 9.17) is 9.47 Å². The lowest BCUT2D eigenvalue weighted by atomic mass is 10.1. The third-order valence-corrected chi connectivity index (χ3v) is 3.45. The summed E-state index contributed by atoms with van der Waals surface area (Å²) >= 11 is 0. The Morgan fingerprint density at radius 1 is 1.07 bits per heavy atom. The summed E-state index contributed by atoms with van der Waals surface area (Å²) in [6.45, 7) is 15.3. The Balaban J connectivity index is 0.00000841. The Bertz CT molecular complexity index is 641. The number of anilines is 1. The number of hydrogen-bond acceptors (Lipinski definition) is 4. The first kappa shape index (κ1) is 28.5. The van der Waals surface area contributed by atoms with Crippen LogP contribution < -0.4 is 20.7 Å². The number of nitrogens with zero attached hydrogens (tertiary/aromatic N) is 1. The number of ether oxygens (including phenoxy) is 2. The molecule has 0 saturated carbocycles. The second-order valence-electron chi connectivity index (χ2n) is 8.48. The van der Waals surface area contributed by atoms with Crippen molar-refractivity contribution in [3.8, 4) is 5.75 Å². The quantitative estimate of drug-likeness (QED) is 0.182. The van der Waals surface area contributed by atoms with Crippen molar-refractivity contribution in [1.29, 1.82) is 0 Å². The molecular formula is C22H39IN4O3. The van der Waals surface area contributed by atoms with Crippen molar-refractivity contribution < 1.29 is 14.3 Å². The standard InChI is InChI=1S/C22H38N4O3.HI/c1-16(2)28-14-8-13-23-21(24-15-20(27)26-22(5,6)7)25-18-9-11-19(12-10-18)29-17(3)4;/h9-12,16-17H,8,13-15H2,1-7H3,(H,26,27)(H2,23,24,25);1H. The lowest BCUT2D eigenvalue weighted by molar-refractivity contribution is -0.121. The Morgan fingerprint density at radius 2 is 1.70 bits per heavy atom. The van der Waals surface area contributed by atoms with Crippen molar-refractivity contribution in [1.82, 2.24) is 10.6 Å². The number of rotatable bonds is 10. The molecule has 0 atom stereocenters. The van der Waals surface area contributed by atoms with Gasteiger partial charge in [0.2, 0.25) is 5.91 Å². The maximum atomic E-state index is 12.1. The summed E-state index contributed by atoms with van der Waals surface area (Å²) in [7, 11) is 0. The van der Waals surface area contributed by atoms with Crippen LogP contribution in [0.5, 0.6) is 5.75 Å². The van der Waals surface area contributed by atoms with Crippen LogP contribution in [0.3, 0.4) is 0 Å². The first-order valence-electron chi connectivity index (χ1n) is 10.3. The number of carbonyl (C=O) groups excluding carboxylic acids is 1. The topological polar surface area (TPSA) is 84.0 Å². The van der Waals surface area contributed by atoms with E-state index in [0.717, 1.165) is 17.9 Å². The molecule has 0 aliphatic heterocycles. The van der Waals surface area contributed by atoms with E-state index in [9.17, 15) is 4.79 Å². The molecule has 0 unspecified atom stereocenters. The van der Waals surface area contributed by atoms with Crippen LogP contribution in [0.4, 0.5) is 5.69 Å². The molecule has 0 aliphatic carbocycles. The Labute approximate surface area is 198 Å². The van der Waals surface area contributed by atoms with Gasteiger partial charge in [-0.1, -0.05) is 0 Å². The molecule has 3 N–H and O–H groups in total. The molecule has 172 valence electrons. The summed E-state index contributed by atoms with van der Waals surface area (Å²) < 4.78 is 11.2. The second-order valence-corrected chi connectivity index (χ2v) is 8.48. The van der Waals surface area contributed by atoms with Crippen molar-refractivity contribution in [3.05, 3.63) is 24.3 Å². The molecule has 0 saturated heterocycles. The number of carbonyl (C=O) groups is 1. The summed E-state index contributed by atoms with van der Waals surface area (Å²) in [6, 6.07) is 7.66. The first-order chi connectivity index (χ1) is 13.5. The number of hydrogen-bond donors (Lipinski definition) is 3. The van der Waals surface area contributed by atoms with Gasteiger partial charge in [0.15, 0.2) is 5.96 Å². The van der Waals surface area contributed by atoms with E-state index < -0.39 is 0 Å². The number of aliphatic imine (C=N–C) groups is 1. The molecule has 1 amide bonds. The maximum absolute atomic E-state index is 12.1. The molecule has 0 aliphatic rings. The minimum absolute atomic E-state index is 0. The van der Waals surface area contributed by atoms with Crippen molar-refractivity contribution in [2.75, 3.05) is 25.0 Å². The molecule has 0 bridgehead atoms. The van der Waals surface area contributed by atoms with Gasteiger partial charge in [-0.25, -0.2) is 4.99 Å². The van der Waals surface area contributed by atoms with Crippen LogP contribution in [0.25, 0.3) is 0 Å². The van der Waals surface area contributed by atoms with Crippen molar-refractivity contribution in [3.63, 3.8) is 0 Å². The molecule has 1 aromatic rings. The zero-order valence-corrected chi connectivity index (χ0v) is 21.7. The van der Waals surface area contributed by atoms with Crippen LogP contribution >= 0.6 is 24.0 Å². The van der Waals surface area contributed by atoms with Gasteiger partial charge in [-0.2, -0.15) is 0 Å². The van der Waals surface area contributed by atoms with Crippen molar-refractivity contribution >= 4 is 41.5 Å². The predicted molar refractivity (Wildman–Crippen MR) is 135 cm³/mol. The van der Waals surface area contributed by atoms with Crippen LogP contribution in [0.15, 0.2) is 29.3 Å². The van der Waals surface area contributed by atoms with Gasteiger partial charge in [0.25, 0.3) is 0 Å². The largest absolute Gasteiger partial charge is 0.491 e. The first-order valence-corrected chi connectivity index (χ1v) is 10.3. The van der Waals surface area contributed by atoms with E-state index in [0.29, 0.717) is 19.1 Å². The Hall–Kier alpha value is -1.55. The van der Waals surface area contributed by atoms with E-state index in [1.165, 1.54) is 0 Å². The highest BCUT2D eigenvalue weighted by Crippen LogP contribution is 2.16. The van der Waals surface area contributed by atoms with E-state index in [2.05, 4.69) is 20.9 Å². The van der Waals surface area contributed by atoms with E-state index in [-0.39, 0.29) is 54.2 Å². The summed E-state index contributed by atoms with van der Waals surface area (Å²) in [5, 5.41) is 9.41. The number of benzene rings is 1. The molecule has 0 spiro atoms. The highest BCUT2D eigenvalue weighted by atomic mass is 127. The summed E-state index contributed by atoms with van der Waals surface area (Å²) in [6.07, 6.45) is 1.18. The molecule has 0 aromatic heterocycles. The summed E-state index contributed by atoms with van der Waals surface area (Å²) in [5.74, 6) is 1.24. The summed E-state index contributed by atoms with van der Waals surface area (Å²) in [4.78, 5) is 16.5. The predicted octanol–water partition coefficient (Wildman–Crippen LogP) is 4.18. The van der Waals surface area contributed by atoms with Crippen LogP contribution in [-0.4, -0.2) is 49.3 Å². The fourth-order valence-electron chi connectivity index (χ4n) is 2.37. The Morgan fingerprint density at radius 3 is 2.23 bits per heavy atom. The van der Waals surface area contributed by atoms with Crippen molar-refractivity contribution in [2.24, 2.45) is 4.99 Å². The second kappa shape index (κ2) is 14.5. The third-order valence-electron chi connectivity index (χ3n) is 3.45. The molecule has 1 rings (SSSR count). The van der Waals surface area contributed by atoms with Gasteiger partial charge in [0.1, 0.15) is 12.3 Å². The fourth-order valence-corrected chi connectivity index (χ4v) is 2.37. The molecule has 1 aromatic carbocycles. The van der Waals surface area contributed by atoms with Crippen molar-refractivity contribution in [2.45, 2.75) is 72.6 Å². The average Bonchev–Trinajstić information content (AvgIpc) is 2.58. The minimum atomic E-state index is -0.284. The normalized spacial score (nSPS) is 11.8. The molecule has 0 heterocycles. The van der Waals surface area contributed by atoms with Crippen LogP contribution in [0.2, 0.25) is 0 Å². The lowest BCUT2D eigenvalue weighted by Gasteiger charge is -2.20. The zero-order valence-electron chi connectivity index (χ0n) is 19.4. The van der Waals surface area contributed by atoms with Gasteiger partial charge < -0.3 is 25.4 Å². The highest BCUT2D eigenvalue weighted by Gasteiger charge is 2.13. The van der Waals surface area contributed by atoms with Gasteiger partial charge in [-0.15, -0.1) is 24.0 Å². The van der Waals surface area contributed by atoms with Gasteiger partial charge in [0, 0.05) is 24.4 Å². The number of guanidine groups is 1. The number of amides is 1. The molecule has 0 radical (unpaired) electrons. The summed E-state index contributed by atoms with van der Waals surface area (Å²) in [5.41, 5.74) is 0.579. The molecule has 0 fully saturated rings. The maximum Gasteiger partial charge on any atom is 0.242 e.